The number of amides is 1. The number of ether oxygens (including phenoxy) is 1. The molecule has 1 aromatic heterocycles. The van der Waals surface area contributed by atoms with Crippen LogP contribution in [0.3, 0.4) is 0 Å². The second kappa shape index (κ2) is 9.91. The minimum absolute atomic E-state index is 0.0804. The van der Waals surface area contributed by atoms with E-state index in [0.29, 0.717) is 17.9 Å². The number of Topliss-reactive ketones (excluding diaryl/α,β-unsaturated/α-hetero) is 1. The van der Waals surface area contributed by atoms with E-state index in [0.717, 1.165) is 28.9 Å². The predicted octanol–water partition coefficient (Wildman–Crippen LogP) is 5.11. The molecule has 1 unspecified atom stereocenters. The number of carbonyl (C=O) groups excluding carboxylic acids is 2. The van der Waals surface area contributed by atoms with Crippen LogP contribution >= 0.6 is 0 Å². The number of benzene rings is 2. The molecule has 6 nitrogen and oxygen atoms in total. The summed E-state index contributed by atoms with van der Waals surface area (Å²) in [5.74, 6) is -0.824. The van der Waals surface area contributed by atoms with Gasteiger partial charge < -0.3 is 14.7 Å². The van der Waals surface area contributed by atoms with E-state index in [2.05, 4.69) is 4.98 Å². The van der Waals surface area contributed by atoms with Crippen LogP contribution in [0, 0.1) is 13.8 Å². The molecule has 0 spiro atoms. The van der Waals surface area contributed by atoms with Gasteiger partial charge in [0.2, 0.25) is 0 Å². The quantitative estimate of drug-likeness (QED) is 0.304. The van der Waals surface area contributed by atoms with Gasteiger partial charge in [-0.05, 0) is 67.3 Å². The molecule has 1 atom stereocenters. The number of hydrogen-bond donors (Lipinski definition) is 1. The molecule has 174 valence electrons. The highest BCUT2D eigenvalue weighted by atomic mass is 16.5. The highest BCUT2D eigenvalue weighted by molar-refractivity contribution is 6.46. The van der Waals surface area contributed by atoms with Crippen LogP contribution in [0.25, 0.3) is 5.76 Å². The van der Waals surface area contributed by atoms with E-state index >= 15 is 0 Å². The van der Waals surface area contributed by atoms with Crippen molar-refractivity contribution in [1.82, 2.24) is 9.88 Å². The molecule has 34 heavy (non-hydrogen) atoms. The fourth-order valence-electron chi connectivity index (χ4n) is 4.25. The molecule has 3 aromatic rings. The van der Waals surface area contributed by atoms with E-state index in [1.165, 1.54) is 4.90 Å². The lowest BCUT2D eigenvalue weighted by atomic mass is 9.92. The van der Waals surface area contributed by atoms with Gasteiger partial charge in [-0.15, -0.1) is 0 Å². The van der Waals surface area contributed by atoms with Crippen molar-refractivity contribution in [2.24, 2.45) is 0 Å². The fraction of sp³-hybridized carbons (Fsp3) is 0.250. The number of nitrogens with zero attached hydrogens (tertiary/aromatic N) is 2. The fourth-order valence-corrected chi connectivity index (χ4v) is 4.25. The average molecular weight is 457 g/mol. The first-order chi connectivity index (χ1) is 16.4. The van der Waals surface area contributed by atoms with Gasteiger partial charge in [-0.3, -0.25) is 14.6 Å². The number of likely N-dealkylation sites (tertiary alicyclic amines) is 1. The zero-order chi connectivity index (χ0) is 24.2. The molecule has 1 aliphatic heterocycles. The number of ketones is 1. The van der Waals surface area contributed by atoms with Crippen molar-refractivity contribution >= 4 is 17.4 Å². The minimum atomic E-state index is -0.723. The molecule has 1 amide bonds. The number of carbonyl (C=O) groups is 2. The lowest BCUT2D eigenvalue weighted by Gasteiger charge is -2.26. The summed E-state index contributed by atoms with van der Waals surface area (Å²) in [6.45, 7) is 6.60. The summed E-state index contributed by atoms with van der Waals surface area (Å²) in [5, 5.41) is 11.3. The molecule has 1 saturated heterocycles. The van der Waals surface area contributed by atoms with Gasteiger partial charge in [-0.25, -0.2) is 0 Å². The molecule has 0 radical (unpaired) electrons. The highest BCUT2D eigenvalue weighted by Gasteiger charge is 2.46. The third-order valence-corrected chi connectivity index (χ3v) is 5.99. The molecule has 2 aromatic carbocycles. The molecule has 1 N–H and O–H groups in total. The first-order valence-corrected chi connectivity index (χ1v) is 11.4. The summed E-state index contributed by atoms with van der Waals surface area (Å²) in [4.78, 5) is 32.2. The third kappa shape index (κ3) is 4.44. The van der Waals surface area contributed by atoms with Crippen LogP contribution in [-0.4, -0.2) is 33.3 Å². The Morgan fingerprint density at radius 2 is 1.79 bits per heavy atom. The minimum Gasteiger partial charge on any atom is -0.507 e. The smallest absolute Gasteiger partial charge is 0.296 e. The normalized spacial score (nSPS) is 17.3. The van der Waals surface area contributed by atoms with Crippen molar-refractivity contribution in [2.45, 2.75) is 39.8 Å². The third-order valence-electron chi connectivity index (χ3n) is 5.99. The molecule has 0 aliphatic carbocycles. The Morgan fingerprint density at radius 3 is 2.47 bits per heavy atom. The van der Waals surface area contributed by atoms with E-state index < -0.39 is 17.7 Å². The molecular formula is C28H28N2O4. The predicted molar refractivity (Wildman–Crippen MR) is 130 cm³/mol. The summed E-state index contributed by atoms with van der Waals surface area (Å²) in [5.41, 5.74) is 3.76. The summed E-state index contributed by atoms with van der Waals surface area (Å²) < 4.78 is 5.74. The largest absolute Gasteiger partial charge is 0.507 e. The SMILES string of the molecule is CCCOc1ccc(/C(O)=C2\C(=O)C(=O)N(Cc3ccccn3)C2c2ccccc2C)cc1C. The second-order valence-electron chi connectivity index (χ2n) is 8.43. The number of aryl methyl sites for hydroxylation is 2. The first kappa shape index (κ1) is 23.2. The first-order valence-electron chi connectivity index (χ1n) is 11.4. The Bertz CT molecular complexity index is 1250. The lowest BCUT2D eigenvalue weighted by molar-refractivity contribution is -0.140. The van der Waals surface area contributed by atoms with E-state index in [-0.39, 0.29) is 17.9 Å². The van der Waals surface area contributed by atoms with Crippen LogP contribution in [0.15, 0.2) is 72.4 Å². The molecule has 4 rings (SSSR count). The van der Waals surface area contributed by atoms with Crippen LogP contribution in [-0.2, 0) is 16.1 Å². The van der Waals surface area contributed by atoms with Gasteiger partial charge in [0, 0.05) is 11.8 Å². The van der Waals surface area contributed by atoms with Crippen LogP contribution in [0.2, 0.25) is 0 Å². The Morgan fingerprint density at radius 1 is 1.03 bits per heavy atom. The van der Waals surface area contributed by atoms with Gasteiger partial charge in [0.15, 0.2) is 0 Å². The van der Waals surface area contributed by atoms with Crippen molar-refractivity contribution in [3.8, 4) is 5.75 Å². The van der Waals surface area contributed by atoms with E-state index in [9.17, 15) is 14.7 Å². The summed E-state index contributed by atoms with van der Waals surface area (Å²) in [6, 6.07) is 17.6. The number of aliphatic hydroxyl groups is 1. The Kier molecular flexibility index (Phi) is 6.77. The number of hydrogen-bond acceptors (Lipinski definition) is 5. The van der Waals surface area contributed by atoms with Crippen LogP contribution in [0.4, 0.5) is 0 Å². The zero-order valence-corrected chi connectivity index (χ0v) is 19.6. The maximum atomic E-state index is 13.3. The number of rotatable bonds is 7. The molecule has 0 saturated carbocycles. The van der Waals surface area contributed by atoms with Crippen LogP contribution < -0.4 is 4.74 Å². The standard InChI is InChI=1S/C28H28N2O4/c1-4-15-34-23-13-12-20(16-19(23)3)26(31)24-25(22-11-6-5-9-18(22)2)30(28(33)27(24)32)17-21-10-7-8-14-29-21/h5-14,16,25,31H,4,15,17H2,1-3H3/b26-24+. The van der Waals surface area contributed by atoms with Crippen molar-refractivity contribution < 1.29 is 19.4 Å². The monoisotopic (exact) mass is 456 g/mol. The highest BCUT2D eigenvalue weighted by Crippen LogP contribution is 2.41. The summed E-state index contributed by atoms with van der Waals surface area (Å²) in [6.07, 6.45) is 2.54. The second-order valence-corrected chi connectivity index (χ2v) is 8.43. The van der Waals surface area contributed by atoms with Crippen LogP contribution in [0.1, 0.15) is 47.3 Å². The molecule has 6 heteroatoms. The molecule has 2 heterocycles. The summed E-state index contributed by atoms with van der Waals surface area (Å²) in [7, 11) is 0. The van der Waals surface area contributed by atoms with Crippen molar-refractivity contribution in [3.63, 3.8) is 0 Å². The van der Waals surface area contributed by atoms with Crippen molar-refractivity contribution in [1.29, 1.82) is 0 Å². The lowest BCUT2D eigenvalue weighted by Crippen LogP contribution is -2.29. The molecule has 1 fully saturated rings. The topological polar surface area (TPSA) is 79.7 Å². The van der Waals surface area contributed by atoms with Crippen molar-refractivity contribution in [3.05, 3.63) is 100 Å². The number of aliphatic hydroxyl groups excluding tert-OH is 1. The number of pyridine rings is 1. The average Bonchev–Trinajstić information content (AvgIpc) is 3.08. The van der Waals surface area contributed by atoms with Gasteiger partial charge in [-0.2, -0.15) is 0 Å². The van der Waals surface area contributed by atoms with E-state index in [1.807, 2.05) is 57.2 Å². The van der Waals surface area contributed by atoms with Crippen LogP contribution in [0.5, 0.6) is 5.75 Å². The molecule has 1 aliphatic rings. The van der Waals surface area contributed by atoms with E-state index in [4.69, 9.17) is 4.74 Å². The van der Waals surface area contributed by atoms with Gasteiger partial charge in [-0.1, -0.05) is 37.3 Å². The van der Waals surface area contributed by atoms with Gasteiger partial charge in [0.05, 0.1) is 30.5 Å². The van der Waals surface area contributed by atoms with Gasteiger partial charge in [0.1, 0.15) is 11.5 Å². The summed E-state index contributed by atoms with van der Waals surface area (Å²) >= 11 is 0. The Hall–Kier alpha value is -3.93. The maximum absolute atomic E-state index is 13.3. The van der Waals surface area contributed by atoms with Gasteiger partial charge >= 0.3 is 0 Å². The molecule has 0 bridgehead atoms. The van der Waals surface area contributed by atoms with E-state index in [1.54, 1.807) is 30.5 Å². The zero-order valence-electron chi connectivity index (χ0n) is 19.6. The Balaban J connectivity index is 1.83. The number of aromatic nitrogens is 1. The van der Waals surface area contributed by atoms with Gasteiger partial charge in [0.25, 0.3) is 11.7 Å². The molecular weight excluding hydrogens is 428 g/mol. The Labute approximate surface area is 199 Å². The maximum Gasteiger partial charge on any atom is 0.296 e. The van der Waals surface area contributed by atoms with Crippen molar-refractivity contribution in [2.75, 3.05) is 6.61 Å².